The van der Waals surface area contributed by atoms with Crippen LogP contribution in [0.4, 0.5) is 19.0 Å². The second-order valence-electron chi connectivity index (χ2n) is 3.63. The third kappa shape index (κ3) is 3.20. The molecule has 0 spiro atoms. The maximum atomic E-state index is 13.5. The zero-order chi connectivity index (χ0) is 15.8. The van der Waals surface area contributed by atoms with Gasteiger partial charge in [0.15, 0.2) is 15.9 Å². The SMILES string of the molecule is O=S(=O)(Nc1ncnc(Cl)c1Cl)c1c(F)cc(F)cc1F. The topological polar surface area (TPSA) is 72.0 Å². The van der Waals surface area contributed by atoms with Crippen LogP contribution >= 0.6 is 23.2 Å². The van der Waals surface area contributed by atoms with Crippen LogP contribution < -0.4 is 4.72 Å². The third-order valence-corrected chi connectivity index (χ3v) is 4.34. The highest BCUT2D eigenvalue weighted by Crippen LogP contribution is 2.28. The zero-order valence-electron chi connectivity index (χ0n) is 9.74. The van der Waals surface area contributed by atoms with Gasteiger partial charge in [-0.15, -0.1) is 0 Å². The van der Waals surface area contributed by atoms with Crippen LogP contribution in [0.1, 0.15) is 0 Å². The summed E-state index contributed by atoms with van der Waals surface area (Å²) >= 11 is 11.2. The van der Waals surface area contributed by atoms with E-state index in [9.17, 15) is 21.6 Å². The Morgan fingerprint density at radius 2 is 1.62 bits per heavy atom. The molecule has 1 N–H and O–H groups in total. The van der Waals surface area contributed by atoms with E-state index >= 15 is 0 Å². The van der Waals surface area contributed by atoms with Gasteiger partial charge in [0.25, 0.3) is 10.0 Å². The zero-order valence-corrected chi connectivity index (χ0v) is 12.1. The lowest BCUT2D eigenvalue weighted by atomic mass is 10.3. The van der Waals surface area contributed by atoms with Crippen LogP contribution in [0.3, 0.4) is 0 Å². The molecule has 11 heteroatoms. The van der Waals surface area contributed by atoms with Crippen LogP contribution in [0.2, 0.25) is 10.2 Å². The summed E-state index contributed by atoms with van der Waals surface area (Å²) in [4.78, 5) is 5.60. The molecule has 2 aromatic rings. The molecule has 0 aliphatic carbocycles. The molecule has 0 aliphatic heterocycles. The van der Waals surface area contributed by atoms with Gasteiger partial charge in [-0.2, -0.15) is 0 Å². The van der Waals surface area contributed by atoms with Gasteiger partial charge in [-0.1, -0.05) is 23.2 Å². The predicted molar refractivity (Wildman–Crippen MR) is 69.2 cm³/mol. The van der Waals surface area contributed by atoms with Crippen LogP contribution in [-0.4, -0.2) is 18.4 Å². The van der Waals surface area contributed by atoms with Gasteiger partial charge < -0.3 is 0 Å². The highest BCUT2D eigenvalue weighted by Gasteiger charge is 2.26. The molecule has 0 saturated carbocycles. The Morgan fingerprint density at radius 3 is 2.19 bits per heavy atom. The van der Waals surface area contributed by atoms with E-state index in [1.165, 1.54) is 0 Å². The molecule has 1 aromatic heterocycles. The molecule has 0 atom stereocenters. The largest absolute Gasteiger partial charge is 0.268 e. The van der Waals surface area contributed by atoms with Crippen LogP contribution in [-0.2, 0) is 10.0 Å². The van der Waals surface area contributed by atoms with E-state index < -0.39 is 38.2 Å². The van der Waals surface area contributed by atoms with Gasteiger partial charge in [0.1, 0.15) is 28.8 Å². The molecular weight excluding hydrogens is 354 g/mol. The van der Waals surface area contributed by atoms with E-state index in [0.717, 1.165) is 6.33 Å². The molecule has 0 unspecified atom stereocenters. The van der Waals surface area contributed by atoms with Crippen LogP contribution in [0.25, 0.3) is 0 Å². The molecule has 0 amide bonds. The van der Waals surface area contributed by atoms with Crippen molar-refractivity contribution in [3.63, 3.8) is 0 Å². The second kappa shape index (κ2) is 5.66. The molecule has 0 fully saturated rings. The standard InChI is InChI=1S/C10H4Cl2F3N3O2S/c11-7-9(12)16-3-17-10(7)18-21(19,20)8-5(14)1-4(13)2-6(8)15/h1-3H,(H,16,17,18). The summed E-state index contributed by atoms with van der Waals surface area (Å²) in [6, 6.07) is 0.457. The Hall–Kier alpha value is -1.58. The lowest BCUT2D eigenvalue weighted by Crippen LogP contribution is -2.18. The summed E-state index contributed by atoms with van der Waals surface area (Å²) in [6.45, 7) is 0. The fourth-order valence-corrected chi connectivity index (χ4v) is 2.86. The quantitative estimate of drug-likeness (QED) is 0.857. The van der Waals surface area contributed by atoms with E-state index in [1.807, 2.05) is 0 Å². The Balaban J connectivity index is 2.51. The molecule has 1 aromatic carbocycles. The van der Waals surface area contributed by atoms with Crippen LogP contribution in [0.15, 0.2) is 23.4 Å². The summed E-state index contributed by atoms with van der Waals surface area (Å²) in [5.41, 5.74) is 0. The first-order valence-electron chi connectivity index (χ1n) is 5.05. The highest BCUT2D eigenvalue weighted by atomic mass is 35.5. The maximum Gasteiger partial charge on any atom is 0.268 e. The van der Waals surface area contributed by atoms with Crippen molar-refractivity contribution < 1.29 is 21.6 Å². The number of hydrogen-bond donors (Lipinski definition) is 1. The molecular formula is C10H4Cl2F3N3O2S. The molecule has 1 heterocycles. The van der Waals surface area contributed by atoms with Crippen LogP contribution in [0, 0.1) is 17.5 Å². The molecule has 2 rings (SSSR count). The number of benzene rings is 1. The van der Waals surface area contributed by atoms with Crippen molar-refractivity contribution in [2.24, 2.45) is 0 Å². The average molecular weight is 358 g/mol. The van der Waals surface area contributed by atoms with Gasteiger partial charge in [0, 0.05) is 12.1 Å². The average Bonchev–Trinajstić information content (AvgIpc) is 2.33. The smallest absolute Gasteiger partial charge is 0.262 e. The number of sulfonamides is 1. The molecule has 0 bridgehead atoms. The minimum Gasteiger partial charge on any atom is -0.262 e. The molecule has 0 aliphatic rings. The monoisotopic (exact) mass is 357 g/mol. The minimum atomic E-state index is -4.73. The summed E-state index contributed by atoms with van der Waals surface area (Å²) in [7, 11) is -4.73. The molecule has 0 saturated heterocycles. The number of hydrogen-bond acceptors (Lipinski definition) is 4. The summed E-state index contributed by atoms with van der Waals surface area (Å²) in [5, 5.41) is -0.616. The second-order valence-corrected chi connectivity index (χ2v) is 5.99. The maximum absolute atomic E-state index is 13.5. The van der Waals surface area contributed by atoms with Crippen molar-refractivity contribution in [2.45, 2.75) is 4.90 Å². The van der Waals surface area contributed by atoms with Gasteiger partial charge in [-0.3, -0.25) is 4.72 Å². The molecule has 21 heavy (non-hydrogen) atoms. The summed E-state index contributed by atoms with van der Waals surface area (Å²) in [5.74, 6) is -4.93. The third-order valence-electron chi connectivity index (χ3n) is 2.21. The number of rotatable bonds is 3. The summed E-state index contributed by atoms with van der Waals surface area (Å²) < 4.78 is 65.4. The van der Waals surface area contributed by atoms with Crippen molar-refractivity contribution >= 4 is 39.0 Å². The minimum absolute atomic E-state index is 0.228. The Labute approximate surface area is 126 Å². The van der Waals surface area contributed by atoms with Crippen molar-refractivity contribution in [2.75, 3.05) is 4.72 Å². The summed E-state index contributed by atoms with van der Waals surface area (Å²) in [6.07, 6.45) is 0.892. The van der Waals surface area contributed by atoms with Gasteiger partial charge in [-0.05, 0) is 0 Å². The number of nitrogens with one attached hydrogen (secondary N) is 1. The highest BCUT2D eigenvalue weighted by molar-refractivity contribution is 7.92. The Morgan fingerprint density at radius 1 is 1.05 bits per heavy atom. The van der Waals surface area contributed by atoms with E-state index in [0.29, 0.717) is 0 Å². The van der Waals surface area contributed by atoms with E-state index in [2.05, 4.69) is 9.97 Å². The fourth-order valence-electron chi connectivity index (χ4n) is 1.38. The lowest BCUT2D eigenvalue weighted by Gasteiger charge is -2.10. The predicted octanol–water partition coefficient (Wildman–Crippen LogP) is 3.00. The molecule has 0 radical (unpaired) electrons. The van der Waals surface area contributed by atoms with Gasteiger partial charge >= 0.3 is 0 Å². The molecule has 5 nitrogen and oxygen atoms in total. The number of aromatic nitrogens is 2. The first kappa shape index (κ1) is 15.8. The van der Waals surface area contributed by atoms with Crippen LogP contribution in [0.5, 0.6) is 0 Å². The normalized spacial score (nSPS) is 11.5. The van der Waals surface area contributed by atoms with Crippen molar-refractivity contribution in [1.82, 2.24) is 9.97 Å². The first-order valence-corrected chi connectivity index (χ1v) is 7.29. The van der Waals surface area contributed by atoms with E-state index in [-0.39, 0.29) is 22.3 Å². The van der Waals surface area contributed by atoms with Crippen molar-refractivity contribution in [1.29, 1.82) is 0 Å². The van der Waals surface area contributed by atoms with E-state index in [1.54, 1.807) is 4.72 Å². The van der Waals surface area contributed by atoms with E-state index in [4.69, 9.17) is 23.2 Å². The lowest BCUT2D eigenvalue weighted by molar-refractivity contribution is 0.498. The van der Waals surface area contributed by atoms with Gasteiger partial charge in [-0.25, -0.2) is 31.6 Å². The Bertz CT molecular complexity index is 794. The van der Waals surface area contributed by atoms with Gasteiger partial charge in [0.2, 0.25) is 0 Å². The number of anilines is 1. The Kier molecular flexibility index (Phi) is 4.26. The van der Waals surface area contributed by atoms with Crippen molar-refractivity contribution in [3.8, 4) is 0 Å². The number of halogens is 5. The number of nitrogens with zero attached hydrogens (tertiary/aromatic N) is 2. The first-order chi connectivity index (χ1) is 9.72. The van der Waals surface area contributed by atoms with Gasteiger partial charge in [0.05, 0.1) is 0 Å². The van der Waals surface area contributed by atoms with Crippen molar-refractivity contribution in [3.05, 3.63) is 46.1 Å². The molecule has 112 valence electrons. The fraction of sp³-hybridized carbons (Fsp3) is 0.